The number of hydroxylamine groups is 1. The van der Waals surface area contributed by atoms with E-state index >= 15 is 0 Å². The second kappa shape index (κ2) is 11.2. The van der Waals surface area contributed by atoms with Crippen molar-refractivity contribution in [2.75, 3.05) is 20.7 Å². The van der Waals surface area contributed by atoms with Crippen LogP contribution in [0.25, 0.3) is 11.1 Å². The lowest BCUT2D eigenvalue weighted by atomic mass is 9.96. The highest BCUT2D eigenvalue weighted by molar-refractivity contribution is 6.12. The Hall–Kier alpha value is -3.21. The van der Waals surface area contributed by atoms with Crippen molar-refractivity contribution in [3.8, 4) is 11.1 Å². The number of carbonyl (C=O) groups excluding carboxylic acids is 3. The van der Waals surface area contributed by atoms with Gasteiger partial charge in [-0.05, 0) is 56.4 Å². The number of rotatable bonds is 10. The van der Waals surface area contributed by atoms with Crippen molar-refractivity contribution in [1.29, 1.82) is 0 Å². The van der Waals surface area contributed by atoms with Gasteiger partial charge in [0.1, 0.15) is 5.76 Å². The summed E-state index contributed by atoms with van der Waals surface area (Å²) in [4.78, 5) is 45.6. The van der Waals surface area contributed by atoms with Crippen molar-refractivity contribution in [2.45, 2.75) is 63.4 Å². The lowest BCUT2D eigenvalue weighted by Gasteiger charge is -2.36. The van der Waals surface area contributed by atoms with E-state index in [1.54, 1.807) is 18.4 Å². The van der Waals surface area contributed by atoms with Gasteiger partial charge in [-0.3, -0.25) is 14.4 Å². The highest BCUT2D eigenvalue weighted by Gasteiger charge is 2.47. The summed E-state index contributed by atoms with van der Waals surface area (Å²) < 4.78 is 11.1. The molecule has 194 valence electrons. The van der Waals surface area contributed by atoms with Crippen LogP contribution in [0, 0.1) is 0 Å². The molecule has 2 heterocycles. The Morgan fingerprint density at radius 2 is 1.83 bits per heavy atom. The van der Waals surface area contributed by atoms with Crippen LogP contribution in [-0.4, -0.2) is 61.2 Å². The number of hydrogen-bond acceptors (Lipinski definition) is 7. The van der Waals surface area contributed by atoms with Crippen molar-refractivity contribution in [3.63, 3.8) is 0 Å². The van der Waals surface area contributed by atoms with E-state index in [2.05, 4.69) is 16.1 Å². The van der Waals surface area contributed by atoms with E-state index in [-0.39, 0.29) is 0 Å². The molecule has 2 aromatic rings. The lowest BCUT2D eigenvalue weighted by molar-refractivity contribution is -0.204. The van der Waals surface area contributed by atoms with E-state index in [1.807, 2.05) is 18.2 Å². The molecule has 10 heteroatoms. The van der Waals surface area contributed by atoms with Crippen molar-refractivity contribution >= 4 is 17.7 Å². The Morgan fingerprint density at radius 3 is 2.47 bits per heavy atom. The van der Waals surface area contributed by atoms with E-state index in [1.165, 1.54) is 33.9 Å². The Kier molecular flexibility index (Phi) is 8.07. The van der Waals surface area contributed by atoms with E-state index in [4.69, 9.17) is 14.0 Å². The van der Waals surface area contributed by atoms with E-state index in [0.717, 1.165) is 34.6 Å². The third-order valence-electron chi connectivity index (χ3n) is 6.77. The summed E-state index contributed by atoms with van der Waals surface area (Å²) in [5.74, 6) is -1.05. The van der Waals surface area contributed by atoms with Gasteiger partial charge in [0, 0.05) is 44.3 Å². The molecule has 1 saturated heterocycles. The molecular formula is C26H34N4O6. The summed E-state index contributed by atoms with van der Waals surface area (Å²) in [6.07, 6.45) is 6.00. The van der Waals surface area contributed by atoms with Crippen LogP contribution < -0.4 is 16.1 Å². The molecule has 36 heavy (non-hydrogen) atoms. The molecule has 1 aromatic carbocycles. The second-order valence-electron chi connectivity index (χ2n) is 9.39. The van der Waals surface area contributed by atoms with Crippen LogP contribution in [-0.2, 0) is 25.7 Å². The number of hydrogen-bond donors (Lipinski definition) is 3. The molecule has 1 aliphatic heterocycles. The molecule has 2 aliphatic rings. The van der Waals surface area contributed by atoms with Gasteiger partial charge < -0.3 is 24.7 Å². The van der Waals surface area contributed by atoms with Crippen molar-refractivity contribution in [3.05, 3.63) is 47.9 Å². The molecule has 4 rings (SSSR count). The second-order valence-corrected chi connectivity index (χ2v) is 9.39. The van der Waals surface area contributed by atoms with Gasteiger partial charge >= 0.3 is 0 Å². The summed E-state index contributed by atoms with van der Waals surface area (Å²) in [6.45, 7) is 2.60. The predicted octanol–water partition coefficient (Wildman–Crippen LogP) is 2.35. The zero-order chi connectivity index (χ0) is 25.7. The van der Waals surface area contributed by atoms with Gasteiger partial charge in [0.15, 0.2) is 11.8 Å². The van der Waals surface area contributed by atoms with Crippen LogP contribution in [0.3, 0.4) is 0 Å². The number of amides is 3. The third kappa shape index (κ3) is 5.77. The van der Waals surface area contributed by atoms with Crippen LogP contribution >= 0.6 is 0 Å². The Morgan fingerprint density at radius 1 is 1.08 bits per heavy atom. The zero-order valence-corrected chi connectivity index (χ0v) is 21.0. The standard InChI is InChI=1S/C26H34N4O6/c1-26(24(32)27-2,25(33)29-36-22-6-4-5-13-34-22)30(3)23(31)18-9-7-17(8-10-18)19-14-21(35-16-19)15-28-20-11-12-20/h7-10,14,16,20,22,28H,4-6,11-13,15H2,1-3H3,(H,27,32)(H,29,33)/t22?,26-/m0/s1. The predicted molar refractivity (Wildman–Crippen MR) is 131 cm³/mol. The van der Waals surface area contributed by atoms with Crippen molar-refractivity contribution in [1.82, 2.24) is 21.0 Å². The first-order chi connectivity index (χ1) is 17.3. The number of nitrogens with zero attached hydrogens (tertiary/aromatic N) is 1. The largest absolute Gasteiger partial charge is 0.467 e. The Labute approximate surface area is 210 Å². The van der Waals surface area contributed by atoms with Crippen LogP contribution in [0.5, 0.6) is 0 Å². The fourth-order valence-corrected chi connectivity index (χ4v) is 4.03. The summed E-state index contributed by atoms with van der Waals surface area (Å²) in [6, 6.07) is 9.52. The molecule has 1 aromatic heterocycles. The normalized spacial score (nSPS) is 19.2. The zero-order valence-electron chi connectivity index (χ0n) is 21.0. The molecule has 2 atom stereocenters. The maximum absolute atomic E-state index is 13.3. The maximum atomic E-state index is 13.3. The Balaban J connectivity index is 1.43. The minimum atomic E-state index is -1.85. The number of carbonyl (C=O) groups is 3. The van der Waals surface area contributed by atoms with Gasteiger partial charge in [-0.15, -0.1) is 0 Å². The third-order valence-corrected chi connectivity index (χ3v) is 6.77. The SMILES string of the molecule is CNC(=O)[C@@](C)(C(=O)NOC1CCCCO1)N(C)C(=O)c1ccc(-c2coc(CNC3CC3)c2)cc1. The average Bonchev–Trinajstić information content (AvgIpc) is 3.64. The fourth-order valence-electron chi connectivity index (χ4n) is 4.03. The number of benzene rings is 1. The van der Waals surface area contributed by atoms with Gasteiger partial charge in [0.2, 0.25) is 0 Å². The molecule has 0 radical (unpaired) electrons. The van der Waals surface area contributed by atoms with E-state index in [0.29, 0.717) is 31.2 Å². The van der Waals surface area contributed by atoms with E-state index < -0.39 is 29.6 Å². The molecule has 1 unspecified atom stereocenters. The van der Waals surface area contributed by atoms with Gasteiger partial charge in [-0.1, -0.05) is 12.1 Å². The highest BCUT2D eigenvalue weighted by Crippen LogP contribution is 2.25. The first-order valence-corrected chi connectivity index (χ1v) is 12.3. The minimum Gasteiger partial charge on any atom is -0.467 e. The summed E-state index contributed by atoms with van der Waals surface area (Å²) in [5, 5.41) is 5.88. The highest BCUT2D eigenvalue weighted by atomic mass is 16.8. The van der Waals surface area contributed by atoms with Gasteiger partial charge in [0.05, 0.1) is 12.8 Å². The van der Waals surface area contributed by atoms with Gasteiger partial charge in [-0.2, -0.15) is 0 Å². The number of furan rings is 1. The van der Waals surface area contributed by atoms with Gasteiger partial charge in [-0.25, -0.2) is 10.3 Å². The maximum Gasteiger partial charge on any atom is 0.279 e. The number of nitrogens with one attached hydrogen (secondary N) is 3. The van der Waals surface area contributed by atoms with Crippen LogP contribution in [0.1, 0.15) is 55.1 Å². The molecule has 0 spiro atoms. The van der Waals surface area contributed by atoms with Crippen molar-refractivity contribution in [2.24, 2.45) is 0 Å². The minimum absolute atomic E-state index is 0.333. The molecular weight excluding hydrogens is 464 g/mol. The summed E-state index contributed by atoms with van der Waals surface area (Å²) in [5.41, 5.74) is 2.60. The number of ether oxygens (including phenoxy) is 1. The van der Waals surface area contributed by atoms with Gasteiger partial charge in [0.25, 0.3) is 17.7 Å². The molecule has 3 N–H and O–H groups in total. The molecule has 1 saturated carbocycles. The lowest BCUT2D eigenvalue weighted by Crippen LogP contribution is -2.65. The monoisotopic (exact) mass is 498 g/mol. The van der Waals surface area contributed by atoms with Crippen LogP contribution in [0.15, 0.2) is 41.0 Å². The topological polar surface area (TPSA) is 122 Å². The van der Waals surface area contributed by atoms with Crippen LogP contribution in [0.4, 0.5) is 0 Å². The Bertz CT molecular complexity index is 1070. The first-order valence-electron chi connectivity index (χ1n) is 12.3. The average molecular weight is 499 g/mol. The molecule has 0 bridgehead atoms. The first kappa shape index (κ1) is 25.9. The summed E-state index contributed by atoms with van der Waals surface area (Å²) in [7, 11) is 2.82. The molecule has 10 nitrogen and oxygen atoms in total. The molecule has 3 amide bonds. The smallest absolute Gasteiger partial charge is 0.279 e. The summed E-state index contributed by atoms with van der Waals surface area (Å²) >= 11 is 0. The van der Waals surface area contributed by atoms with E-state index in [9.17, 15) is 14.4 Å². The van der Waals surface area contributed by atoms with Crippen LogP contribution in [0.2, 0.25) is 0 Å². The van der Waals surface area contributed by atoms with Crippen molar-refractivity contribution < 1.29 is 28.4 Å². The molecule has 2 fully saturated rings. The fraction of sp³-hybridized carbons (Fsp3) is 0.500. The quantitative estimate of drug-likeness (QED) is 0.340. The molecule has 1 aliphatic carbocycles. The number of likely N-dealkylation sites (N-methyl/N-ethyl adjacent to an activating group) is 2.